The summed E-state index contributed by atoms with van der Waals surface area (Å²) in [6.07, 6.45) is 3.93. The van der Waals surface area contributed by atoms with Crippen molar-refractivity contribution >= 4 is 34.5 Å². The van der Waals surface area contributed by atoms with Gasteiger partial charge in [0, 0.05) is 23.3 Å². The van der Waals surface area contributed by atoms with E-state index in [-0.39, 0.29) is 21.1 Å². The van der Waals surface area contributed by atoms with Gasteiger partial charge in [-0.3, -0.25) is 9.55 Å². The number of nitrogens with zero attached hydrogens (tertiary/aromatic N) is 5. The molecular weight excluding hydrogens is 746 g/mol. The predicted molar refractivity (Wildman–Crippen MR) is 183 cm³/mol. The van der Waals surface area contributed by atoms with E-state index in [1.54, 1.807) is 0 Å². The van der Waals surface area contributed by atoms with Gasteiger partial charge in [-0.15, -0.1) is 54.1 Å². The van der Waals surface area contributed by atoms with Crippen LogP contribution in [0, 0.1) is 26.0 Å². The van der Waals surface area contributed by atoms with Crippen LogP contribution in [0.3, 0.4) is 0 Å². The van der Waals surface area contributed by atoms with E-state index in [1.807, 2.05) is 72.9 Å². The van der Waals surface area contributed by atoms with Crippen molar-refractivity contribution in [3.63, 3.8) is 0 Å². The molecule has 226 valence electrons. The Bertz CT molecular complexity index is 1970. The molecule has 0 atom stereocenters. The van der Waals surface area contributed by atoms with Crippen molar-refractivity contribution in [3.05, 3.63) is 175 Å². The van der Waals surface area contributed by atoms with Gasteiger partial charge in [-0.2, -0.15) is 6.07 Å². The molecule has 0 fully saturated rings. The normalized spacial score (nSPS) is 10.7. The first kappa shape index (κ1) is 30.8. The van der Waals surface area contributed by atoms with Crippen LogP contribution >= 0.6 is 0 Å². The summed E-state index contributed by atoms with van der Waals surface area (Å²) < 4.78 is 2.20. The van der Waals surface area contributed by atoms with E-state index in [0.29, 0.717) is 0 Å². The summed E-state index contributed by atoms with van der Waals surface area (Å²) in [6.45, 7) is 4.29. The van der Waals surface area contributed by atoms with Crippen LogP contribution in [-0.4, -0.2) is 14.5 Å². The van der Waals surface area contributed by atoms with Crippen LogP contribution in [-0.2, 0) is 21.1 Å². The minimum Gasteiger partial charge on any atom is -0.319 e. The van der Waals surface area contributed by atoms with Gasteiger partial charge < -0.3 is 9.80 Å². The largest absolute Gasteiger partial charge is 2.00 e. The zero-order chi connectivity index (χ0) is 30.6. The molecule has 2 aromatic heterocycles. The molecule has 46 heavy (non-hydrogen) atoms. The van der Waals surface area contributed by atoms with E-state index in [2.05, 4.69) is 119 Å². The molecule has 0 N–H and O–H groups in total. The fourth-order valence-corrected chi connectivity index (χ4v) is 5.66. The molecule has 0 amide bonds. The van der Waals surface area contributed by atoms with Gasteiger partial charge in [0.15, 0.2) is 0 Å². The summed E-state index contributed by atoms with van der Waals surface area (Å²) in [7, 11) is 0. The SMILES string of the molecule is Cc1cccc(C)c1-n1cc(-c2[c-]cccc2)nc1N(c1[c-]c(N(c2ccccc2)c2ccccn2)ccc1)c1ccccc1.[Pt+2]. The smallest absolute Gasteiger partial charge is 0.319 e. The van der Waals surface area contributed by atoms with Crippen LogP contribution in [0.15, 0.2) is 152 Å². The Labute approximate surface area is 284 Å². The van der Waals surface area contributed by atoms with Gasteiger partial charge in [-0.05, 0) is 67.6 Å². The first-order valence-corrected chi connectivity index (χ1v) is 14.9. The van der Waals surface area contributed by atoms with Crippen molar-refractivity contribution in [2.24, 2.45) is 0 Å². The number of hydrogen-bond donors (Lipinski definition) is 0. The van der Waals surface area contributed by atoms with Crippen molar-refractivity contribution in [1.82, 2.24) is 14.5 Å². The molecule has 0 bridgehead atoms. The van der Waals surface area contributed by atoms with Crippen LogP contribution in [0.1, 0.15) is 11.1 Å². The van der Waals surface area contributed by atoms with Crippen LogP contribution in [0.2, 0.25) is 0 Å². The molecule has 5 nitrogen and oxygen atoms in total. The average Bonchev–Trinajstić information content (AvgIpc) is 3.51. The third-order valence-corrected chi connectivity index (χ3v) is 7.71. The summed E-state index contributed by atoms with van der Waals surface area (Å²) in [5.41, 5.74) is 8.86. The monoisotopic (exact) mass is 776 g/mol. The van der Waals surface area contributed by atoms with E-state index in [4.69, 9.17) is 9.97 Å². The van der Waals surface area contributed by atoms with Crippen molar-refractivity contribution in [2.45, 2.75) is 13.8 Å². The van der Waals surface area contributed by atoms with Crippen molar-refractivity contribution < 1.29 is 21.1 Å². The van der Waals surface area contributed by atoms with E-state index in [9.17, 15) is 0 Å². The zero-order valence-electron chi connectivity index (χ0n) is 25.5. The average molecular weight is 777 g/mol. The standard InChI is InChI=1S/C40H31N5.Pt/c1-30-16-14-17-31(2)39(30)43-29-37(32-18-6-3-7-19-32)42-40(43)45(34-22-10-5-11-23-34)36-25-15-24-35(28-36)44(33-20-8-4-9-21-33)38-26-12-13-27-41-38;/h3-18,20-27,29H,1-2H3;/q-2;+2. The second-order valence-corrected chi connectivity index (χ2v) is 10.8. The maximum atomic E-state index is 5.29. The first-order chi connectivity index (χ1) is 22.2. The summed E-state index contributed by atoms with van der Waals surface area (Å²) in [5, 5.41) is 0. The Morgan fingerprint density at radius 3 is 1.85 bits per heavy atom. The third kappa shape index (κ3) is 6.15. The van der Waals surface area contributed by atoms with Crippen LogP contribution < -0.4 is 9.80 Å². The summed E-state index contributed by atoms with van der Waals surface area (Å²) in [5.74, 6) is 1.56. The first-order valence-electron chi connectivity index (χ1n) is 14.9. The zero-order valence-corrected chi connectivity index (χ0v) is 27.8. The predicted octanol–water partition coefficient (Wildman–Crippen LogP) is 10.1. The Balaban J connectivity index is 0.00000372. The number of hydrogen-bond acceptors (Lipinski definition) is 4. The van der Waals surface area contributed by atoms with Crippen molar-refractivity contribution in [2.75, 3.05) is 9.80 Å². The number of imidazole rings is 1. The van der Waals surface area contributed by atoms with Gasteiger partial charge in [0.1, 0.15) is 5.82 Å². The molecule has 0 saturated heterocycles. The molecule has 0 aliphatic rings. The van der Waals surface area contributed by atoms with Gasteiger partial charge >= 0.3 is 21.1 Å². The number of anilines is 6. The van der Waals surface area contributed by atoms with Crippen LogP contribution in [0.25, 0.3) is 16.9 Å². The molecule has 0 aliphatic carbocycles. The molecule has 0 aliphatic heterocycles. The van der Waals surface area contributed by atoms with Crippen molar-refractivity contribution in [1.29, 1.82) is 0 Å². The Kier molecular flexibility index (Phi) is 9.23. The third-order valence-electron chi connectivity index (χ3n) is 7.71. The number of aryl methyl sites for hydroxylation is 2. The molecule has 6 heteroatoms. The molecular formula is C40H31N5Pt. The van der Waals surface area contributed by atoms with E-state index in [0.717, 1.165) is 62.6 Å². The second-order valence-electron chi connectivity index (χ2n) is 10.8. The summed E-state index contributed by atoms with van der Waals surface area (Å²) in [4.78, 5) is 14.3. The van der Waals surface area contributed by atoms with Gasteiger partial charge in [0.25, 0.3) is 0 Å². The van der Waals surface area contributed by atoms with Crippen molar-refractivity contribution in [3.8, 4) is 16.9 Å². The summed E-state index contributed by atoms with van der Waals surface area (Å²) in [6, 6.07) is 54.2. The number of pyridine rings is 1. The molecule has 2 heterocycles. The van der Waals surface area contributed by atoms with Crippen LogP contribution in [0.5, 0.6) is 0 Å². The minimum atomic E-state index is 0. The Morgan fingerprint density at radius 2 is 1.22 bits per heavy atom. The molecule has 0 unspecified atom stereocenters. The fraction of sp³-hybridized carbons (Fsp3) is 0.0500. The number of para-hydroxylation sites is 3. The molecule has 5 aromatic carbocycles. The summed E-state index contributed by atoms with van der Waals surface area (Å²) >= 11 is 0. The van der Waals surface area contributed by atoms with Gasteiger partial charge in [0.2, 0.25) is 5.95 Å². The maximum absolute atomic E-state index is 5.29. The number of aromatic nitrogens is 3. The topological polar surface area (TPSA) is 37.2 Å². The molecule has 7 aromatic rings. The second kappa shape index (κ2) is 13.8. The minimum absolute atomic E-state index is 0. The molecule has 7 rings (SSSR count). The molecule has 0 saturated carbocycles. The quantitative estimate of drug-likeness (QED) is 0.144. The Hall–Kier alpha value is -5.25. The van der Waals surface area contributed by atoms with E-state index < -0.39 is 0 Å². The molecule has 0 spiro atoms. The maximum Gasteiger partial charge on any atom is 2.00 e. The molecule has 0 radical (unpaired) electrons. The van der Waals surface area contributed by atoms with E-state index in [1.165, 1.54) is 0 Å². The number of rotatable bonds is 8. The Morgan fingerprint density at radius 1 is 0.609 bits per heavy atom. The van der Waals surface area contributed by atoms with Gasteiger partial charge in [-0.25, -0.2) is 4.98 Å². The fourth-order valence-electron chi connectivity index (χ4n) is 5.66. The van der Waals surface area contributed by atoms with Gasteiger partial charge in [-0.1, -0.05) is 72.0 Å². The van der Waals surface area contributed by atoms with Gasteiger partial charge in [0.05, 0.1) is 5.69 Å². The van der Waals surface area contributed by atoms with Crippen LogP contribution in [0.4, 0.5) is 34.5 Å². The number of benzene rings is 5. The van der Waals surface area contributed by atoms with E-state index >= 15 is 0 Å².